The average molecular weight is 260 g/mol. The van der Waals surface area contributed by atoms with Crippen LogP contribution in [0.2, 0.25) is 0 Å². The highest BCUT2D eigenvalue weighted by Crippen LogP contribution is 2.24. The summed E-state index contributed by atoms with van der Waals surface area (Å²) in [5.74, 6) is 0.750. The average Bonchev–Trinajstić information content (AvgIpc) is 2.50. The van der Waals surface area contributed by atoms with E-state index in [4.69, 9.17) is 4.74 Å². The van der Waals surface area contributed by atoms with Crippen LogP contribution in [0.5, 0.6) is 0 Å². The molecule has 1 unspecified atom stereocenters. The molecular weight excluding hydrogens is 236 g/mol. The minimum atomic E-state index is 0.452. The van der Waals surface area contributed by atoms with Gasteiger partial charge in [0.05, 0.1) is 12.7 Å². The van der Waals surface area contributed by atoms with Crippen molar-refractivity contribution in [3.05, 3.63) is 35.9 Å². The van der Waals surface area contributed by atoms with Gasteiger partial charge in [-0.3, -0.25) is 4.90 Å². The van der Waals surface area contributed by atoms with Crippen LogP contribution in [0.25, 0.3) is 0 Å². The molecule has 2 saturated heterocycles. The number of hydrogen-bond acceptors (Lipinski definition) is 3. The molecule has 1 aromatic rings. The highest BCUT2D eigenvalue weighted by atomic mass is 16.5. The van der Waals surface area contributed by atoms with Crippen molar-refractivity contribution in [1.29, 1.82) is 0 Å². The summed E-state index contributed by atoms with van der Waals surface area (Å²) in [4.78, 5) is 2.57. The fourth-order valence-electron chi connectivity index (χ4n) is 3.21. The molecule has 19 heavy (non-hydrogen) atoms. The summed E-state index contributed by atoms with van der Waals surface area (Å²) in [7, 11) is 0. The molecule has 2 heterocycles. The maximum Gasteiger partial charge on any atom is 0.0729 e. The Labute approximate surface area is 115 Å². The van der Waals surface area contributed by atoms with Crippen molar-refractivity contribution in [3.63, 3.8) is 0 Å². The topological polar surface area (TPSA) is 24.5 Å². The lowest BCUT2D eigenvalue weighted by Crippen LogP contribution is -2.46. The van der Waals surface area contributed by atoms with Gasteiger partial charge in [-0.25, -0.2) is 0 Å². The number of piperidine rings is 1. The van der Waals surface area contributed by atoms with Gasteiger partial charge >= 0.3 is 0 Å². The smallest absolute Gasteiger partial charge is 0.0729 e. The van der Waals surface area contributed by atoms with Crippen LogP contribution in [-0.4, -0.2) is 43.8 Å². The van der Waals surface area contributed by atoms with Crippen LogP contribution in [-0.2, 0) is 11.3 Å². The normalized spacial score (nSPS) is 26.4. The fourth-order valence-corrected chi connectivity index (χ4v) is 3.21. The lowest BCUT2D eigenvalue weighted by molar-refractivity contribution is -0.0278. The molecule has 2 aliphatic heterocycles. The van der Waals surface area contributed by atoms with E-state index >= 15 is 0 Å². The Morgan fingerprint density at radius 2 is 1.95 bits per heavy atom. The summed E-state index contributed by atoms with van der Waals surface area (Å²) < 4.78 is 5.89. The summed E-state index contributed by atoms with van der Waals surface area (Å²) in [5, 5.41) is 3.44. The fraction of sp³-hybridized carbons (Fsp3) is 0.625. The molecule has 1 N–H and O–H groups in total. The van der Waals surface area contributed by atoms with E-state index in [-0.39, 0.29) is 0 Å². The lowest BCUT2D eigenvalue weighted by Gasteiger charge is -2.37. The number of morpholine rings is 1. The molecule has 1 atom stereocenters. The van der Waals surface area contributed by atoms with Crippen molar-refractivity contribution < 1.29 is 4.74 Å². The minimum absolute atomic E-state index is 0.452. The molecule has 0 bridgehead atoms. The number of hydrogen-bond donors (Lipinski definition) is 1. The number of nitrogens with one attached hydrogen (secondary N) is 1. The standard InChI is InChI=1S/C16H24N2O/c1-2-4-14(5-3-1)13-18-9-6-15(7-10-18)16-12-17-8-11-19-16/h1-5,15-17H,6-13H2. The molecule has 2 aliphatic rings. The quantitative estimate of drug-likeness (QED) is 0.898. The van der Waals surface area contributed by atoms with Gasteiger partial charge in [0.1, 0.15) is 0 Å². The van der Waals surface area contributed by atoms with Crippen molar-refractivity contribution in [2.24, 2.45) is 5.92 Å². The second kappa shape index (κ2) is 6.51. The van der Waals surface area contributed by atoms with Gasteiger partial charge < -0.3 is 10.1 Å². The first-order valence-electron chi connectivity index (χ1n) is 7.50. The van der Waals surface area contributed by atoms with E-state index < -0.39 is 0 Å². The third kappa shape index (κ3) is 3.56. The van der Waals surface area contributed by atoms with Gasteiger partial charge in [0.25, 0.3) is 0 Å². The number of ether oxygens (including phenoxy) is 1. The number of benzene rings is 1. The SMILES string of the molecule is c1ccc(CN2CCC(C3CNCCO3)CC2)cc1. The Morgan fingerprint density at radius 1 is 1.16 bits per heavy atom. The largest absolute Gasteiger partial charge is 0.375 e. The Kier molecular flexibility index (Phi) is 4.49. The Hall–Kier alpha value is -0.900. The van der Waals surface area contributed by atoms with E-state index in [1.165, 1.54) is 31.5 Å². The van der Waals surface area contributed by atoms with Crippen molar-refractivity contribution in [1.82, 2.24) is 10.2 Å². The molecule has 3 heteroatoms. The molecule has 0 aliphatic carbocycles. The van der Waals surface area contributed by atoms with Crippen LogP contribution < -0.4 is 5.32 Å². The molecular formula is C16H24N2O. The van der Waals surface area contributed by atoms with E-state index in [0.29, 0.717) is 6.10 Å². The zero-order valence-electron chi connectivity index (χ0n) is 11.6. The van der Waals surface area contributed by atoms with E-state index in [9.17, 15) is 0 Å². The van der Waals surface area contributed by atoms with E-state index in [2.05, 4.69) is 40.5 Å². The van der Waals surface area contributed by atoms with Gasteiger partial charge in [0.15, 0.2) is 0 Å². The highest BCUT2D eigenvalue weighted by molar-refractivity contribution is 5.14. The predicted molar refractivity (Wildman–Crippen MR) is 77.1 cm³/mol. The second-order valence-electron chi connectivity index (χ2n) is 5.71. The summed E-state index contributed by atoms with van der Waals surface area (Å²) in [6, 6.07) is 10.8. The van der Waals surface area contributed by atoms with Crippen molar-refractivity contribution in [2.75, 3.05) is 32.8 Å². The molecule has 3 rings (SSSR count). The third-order valence-corrected chi connectivity index (χ3v) is 4.36. The first-order valence-corrected chi connectivity index (χ1v) is 7.50. The molecule has 3 nitrogen and oxygen atoms in total. The zero-order valence-corrected chi connectivity index (χ0v) is 11.6. The molecule has 0 aromatic heterocycles. The van der Waals surface area contributed by atoms with Crippen LogP contribution in [0.1, 0.15) is 18.4 Å². The molecule has 0 spiro atoms. The highest BCUT2D eigenvalue weighted by Gasteiger charge is 2.28. The monoisotopic (exact) mass is 260 g/mol. The molecule has 0 saturated carbocycles. The van der Waals surface area contributed by atoms with Gasteiger partial charge in [-0.1, -0.05) is 30.3 Å². The van der Waals surface area contributed by atoms with E-state index in [1.807, 2.05) is 0 Å². The summed E-state index contributed by atoms with van der Waals surface area (Å²) >= 11 is 0. The van der Waals surface area contributed by atoms with Crippen LogP contribution in [0.15, 0.2) is 30.3 Å². The molecule has 104 valence electrons. The Morgan fingerprint density at radius 3 is 2.63 bits per heavy atom. The van der Waals surface area contributed by atoms with Gasteiger partial charge in [-0.2, -0.15) is 0 Å². The van der Waals surface area contributed by atoms with Crippen LogP contribution in [0.3, 0.4) is 0 Å². The molecule has 0 amide bonds. The van der Waals surface area contributed by atoms with Crippen LogP contribution >= 0.6 is 0 Å². The maximum atomic E-state index is 5.89. The van der Waals surface area contributed by atoms with Gasteiger partial charge in [0, 0.05) is 19.6 Å². The Balaban J connectivity index is 1.46. The van der Waals surface area contributed by atoms with Gasteiger partial charge in [-0.05, 0) is 37.4 Å². The number of likely N-dealkylation sites (tertiary alicyclic amines) is 1. The Bertz CT molecular complexity index is 368. The number of rotatable bonds is 3. The lowest BCUT2D eigenvalue weighted by atomic mass is 9.90. The van der Waals surface area contributed by atoms with Crippen molar-refractivity contribution in [2.45, 2.75) is 25.5 Å². The van der Waals surface area contributed by atoms with Crippen molar-refractivity contribution >= 4 is 0 Å². The second-order valence-corrected chi connectivity index (χ2v) is 5.71. The first-order chi connectivity index (χ1) is 9.42. The van der Waals surface area contributed by atoms with Crippen molar-refractivity contribution in [3.8, 4) is 0 Å². The van der Waals surface area contributed by atoms with E-state index in [0.717, 1.165) is 32.2 Å². The summed E-state index contributed by atoms with van der Waals surface area (Å²) in [6.07, 6.45) is 3.01. The maximum absolute atomic E-state index is 5.89. The summed E-state index contributed by atoms with van der Waals surface area (Å²) in [6.45, 7) is 6.46. The third-order valence-electron chi connectivity index (χ3n) is 4.36. The van der Waals surface area contributed by atoms with Crippen LogP contribution in [0.4, 0.5) is 0 Å². The predicted octanol–water partition coefficient (Wildman–Crippen LogP) is 1.89. The zero-order chi connectivity index (χ0) is 12.9. The number of nitrogens with zero attached hydrogens (tertiary/aromatic N) is 1. The summed E-state index contributed by atoms with van der Waals surface area (Å²) in [5.41, 5.74) is 1.43. The van der Waals surface area contributed by atoms with Crippen LogP contribution in [0, 0.1) is 5.92 Å². The van der Waals surface area contributed by atoms with Gasteiger partial charge in [0.2, 0.25) is 0 Å². The molecule has 0 radical (unpaired) electrons. The minimum Gasteiger partial charge on any atom is -0.375 e. The first kappa shape index (κ1) is 13.1. The molecule has 2 fully saturated rings. The van der Waals surface area contributed by atoms with E-state index in [1.54, 1.807) is 0 Å². The van der Waals surface area contributed by atoms with Gasteiger partial charge in [-0.15, -0.1) is 0 Å². The molecule has 1 aromatic carbocycles.